The summed E-state index contributed by atoms with van der Waals surface area (Å²) in [4.78, 5) is 23.6. The van der Waals surface area contributed by atoms with Gasteiger partial charge in [-0.15, -0.1) is 0 Å². The second-order valence-corrected chi connectivity index (χ2v) is 10.2. The van der Waals surface area contributed by atoms with Gasteiger partial charge < -0.3 is 9.47 Å². The van der Waals surface area contributed by atoms with Crippen molar-refractivity contribution in [1.29, 1.82) is 0 Å². The van der Waals surface area contributed by atoms with Gasteiger partial charge in [0.05, 0.1) is 30.6 Å². The van der Waals surface area contributed by atoms with E-state index in [-0.39, 0.29) is 18.0 Å². The van der Waals surface area contributed by atoms with E-state index < -0.39 is 54.5 Å². The number of esters is 1. The molecule has 1 N–H and O–H groups in total. The number of carbonyl (C=O) groups is 2. The van der Waals surface area contributed by atoms with Crippen LogP contribution in [0.5, 0.6) is 5.75 Å². The van der Waals surface area contributed by atoms with Crippen LogP contribution in [-0.4, -0.2) is 54.7 Å². The number of hydrogen-bond donors (Lipinski definition) is 1. The molecule has 0 aromatic heterocycles. The fraction of sp³-hybridized carbons (Fsp3) is 0.500. The topological polar surface area (TPSA) is 136 Å². The fourth-order valence-electron chi connectivity index (χ4n) is 2.71. The second-order valence-electron chi connectivity index (χ2n) is 6.67. The van der Waals surface area contributed by atoms with Crippen LogP contribution in [0.15, 0.2) is 23.1 Å². The Morgan fingerprint density at radius 1 is 1.32 bits per heavy atom. The molecule has 0 aliphatic carbocycles. The van der Waals surface area contributed by atoms with Crippen molar-refractivity contribution in [3.63, 3.8) is 0 Å². The highest BCUT2D eigenvalue weighted by molar-refractivity contribution is 7.94. The molecule has 156 valence electrons. The summed E-state index contributed by atoms with van der Waals surface area (Å²) in [6.07, 6.45) is 0. The molecule has 0 saturated carbocycles. The SMILES string of the molecule is CCOC(=O)CNS(=O)(=O)c1cc(N2C(=O)C(C)(C)CS2(=O)=O)ccc1OC. The molecule has 10 nitrogen and oxygen atoms in total. The minimum atomic E-state index is -4.26. The number of hydrogen-bond acceptors (Lipinski definition) is 8. The highest BCUT2D eigenvalue weighted by Crippen LogP contribution is 2.38. The maximum atomic E-state index is 12.6. The molecule has 0 spiro atoms. The molecule has 1 saturated heterocycles. The summed E-state index contributed by atoms with van der Waals surface area (Å²) < 4.78 is 62.5. The summed E-state index contributed by atoms with van der Waals surface area (Å²) in [5.74, 6) is -1.92. The molecule has 1 amide bonds. The van der Waals surface area contributed by atoms with Gasteiger partial charge in [0.2, 0.25) is 26.0 Å². The number of carbonyl (C=O) groups excluding carboxylic acids is 2. The quantitative estimate of drug-likeness (QED) is 0.603. The number of nitrogens with zero attached hydrogens (tertiary/aromatic N) is 1. The van der Waals surface area contributed by atoms with E-state index in [4.69, 9.17) is 4.74 Å². The van der Waals surface area contributed by atoms with Crippen LogP contribution in [-0.2, 0) is 34.4 Å². The molecule has 0 radical (unpaired) electrons. The molecule has 1 fully saturated rings. The van der Waals surface area contributed by atoms with Gasteiger partial charge in [-0.25, -0.2) is 21.1 Å². The zero-order valence-electron chi connectivity index (χ0n) is 15.9. The normalized spacial score (nSPS) is 18.1. The van der Waals surface area contributed by atoms with E-state index in [0.29, 0.717) is 4.31 Å². The number of rotatable bonds is 7. The van der Waals surface area contributed by atoms with E-state index in [1.54, 1.807) is 6.92 Å². The Hall–Kier alpha value is -2.18. The van der Waals surface area contributed by atoms with Gasteiger partial charge >= 0.3 is 5.97 Å². The van der Waals surface area contributed by atoms with Crippen LogP contribution in [0.4, 0.5) is 5.69 Å². The predicted molar refractivity (Wildman–Crippen MR) is 99.9 cm³/mol. The summed E-state index contributed by atoms with van der Waals surface area (Å²) in [5, 5.41) is 0. The summed E-state index contributed by atoms with van der Waals surface area (Å²) in [5.41, 5.74) is -1.27. The first kappa shape index (κ1) is 22.1. The first-order chi connectivity index (χ1) is 12.9. The lowest BCUT2D eigenvalue weighted by molar-refractivity contribution is -0.141. The Kier molecular flexibility index (Phi) is 6.07. The first-order valence-corrected chi connectivity index (χ1v) is 11.4. The van der Waals surface area contributed by atoms with Gasteiger partial charge in [0.1, 0.15) is 17.2 Å². The number of ether oxygens (including phenoxy) is 2. The third kappa shape index (κ3) is 4.28. The molecule has 0 bridgehead atoms. The predicted octanol–water partition coefficient (Wildman–Crippen LogP) is 0.239. The van der Waals surface area contributed by atoms with Crippen LogP contribution in [0.3, 0.4) is 0 Å². The maximum Gasteiger partial charge on any atom is 0.321 e. The number of benzene rings is 1. The van der Waals surface area contributed by atoms with Crippen molar-refractivity contribution in [3.8, 4) is 5.75 Å². The lowest BCUT2D eigenvalue weighted by Crippen LogP contribution is -2.34. The average Bonchev–Trinajstić information content (AvgIpc) is 2.76. The van der Waals surface area contributed by atoms with Crippen molar-refractivity contribution in [3.05, 3.63) is 18.2 Å². The lowest BCUT2D eigenvalue weighted by Gasteiger charge is -2.19. The van der Waals surface area contributed by atoms with E-state index in [0.717, 1.165) is 6.07 Å². The molecule has 0 unspecified atom stereocenters. The van der Waals surface area contributed by atoms with Crippen LogP contribution in [0.25, 0.3) is 0 Å². The molecule has 1 aromatic carbocycles. The van der Waals surface area contributed by atoms with E-state index in [9.17, 15) is 26.4 Å². The van der Waals surface area contributed by atoms with E-state index in [1.165, 1.54) is 33.1 Å². The molecule has 1 aliphatic heterocycles. The van der Waals surface area contributed by atoms with Gasteiger partial charge in [0.15, 0.2) is 0 Å². The summed E-state index contributed by atoms with van der Waals surface area (Å²) in [6.45, 7) is 4.04. The Bertz CT molecular complexity index is 999. The van der Waals surface area contributed by atoms with Gasteiger partial charge in [0, 0.05) is 0 Å². The lowest BCUT2D eigenvalue weighted by atomic mass is 9.95. The molecule has 12 heteroatoms. The fourth-order valence-corrected chi connectivity index (χ4v) is 5.96. The van der Waals surface area contributed by atoms with Crippen LogP contribution < -0.4 is 13.8 Å². The Morgan fingerprint density at radius 2 is 1.96 bits per heavy atom. The average molecular weight is 434 g/mol. The van der Waals surface area contributed by atoms with Crippen LogP contribution >= 0.6 is 0 Å². The monoisotopic (exact) mass is 434 g/mol. The van der Waals surface area contributed by atoms with Gasteiger partial charge in [-0.2, -0.15) is 4.72 Å². The van der Waals surface area contributed by atoms with Crippen molar-refractivity contribution in [2.45, 2.75) is 25.7 Å². The third-order valence-electron chi connectivity index (χ3n) is 3.97. The van der Waals surface area contributed by atoms with Gasteiger partial charge in [-0.05, 0) is 39.0 Å². The zero-order chi connectivity index (χ0) is 21.3. The molecular weight excluding hydrogens is 412 g/mol. The molecule has 1 aliphatic rings. The molecule has 28 heavy (non-hydrogen) atoms. The van der Waals surface area contributed by atoms with Crippen LogP contribution in [0, 0.1) is 5.41 Å². The van der Waals surface area contributed by atoms with Gasteiger partial charge in [-0.1, -0.05) is 0 Å². The van der Waals surface area contributed by atoms with Crippen molar-refractivity contribution in [2.75, 3.05) is 30.3 Å². The van der Waals surface area contributed by atoms with Crippen molar-refractivity contribution in [1.82, 2.24) is 4.72 Å². The summed E-state index contributed by atoms with van der Waals surface area (Å²) in [7, 11) is -6.98. The summed E-state index contributed by atoms with van der Waals surface area (Å²) >= 11 is 0. The van der Waals surface area contributed by atoms with E-state index >= 15 is 0 Å². The summed E-state index contributed by atoms with van der Waals surface area (Å²) in [6, 6.07) is 3.53. The minimum absolute atomic E-state index is 0.0802. The minimum Gasteiger partial charge on any atom is -0.495 e. The Balaban J connectivity index is 2.47. The molecule has 1 heterocycles. The van der Waals surface area contributed by atoms with Gasteiger partial charge in [-0.3, -0.25) is 9.59 Å². The van der Waals surface area contributed by atoms with Crippen LogP contribution in [0.2, 0.25) is 0 Å². The van der Waals surface area contributed by atoms with Crippen LogP contribution in [0.1, 0.15) is 20.8 Å². The number of methoxy groups -OCH3 is 1. The van der Waals surface area contributed by atoms with Crippen molar-refractivity contribution < 1.29 is 35.9 Å². The standard InChI is InChI=1S/C16H22N2O8S2/c1-5-26-14(19)9-17-28(23,24)13-8-11(6-7-12(13)25-4)18-15(20)16(2,3)10-27(18,21)22/h6-8,17H,5,9-10H2,1-4H3. The molecule has 2 rings (SSSR count). The highest BCUT2D eigenvalue weighted by atomic mass is 32.2. The first-order valence-electron chi connectivity index (χ1n) is 8.26. The number of nitrogens with one attached hydrogen (secondary N) is 1. The molecule has 0 atom stereocenters. The Morgan fingerprint density at radius 3 is 2.46 bits per heavy atom. The zero-order valence-corrected chi connectivity index (χ0v) is 17.5. The highest BCUT2D eigenvalue weighted by Gasteiger charge is 2.50. The maximum absolute atomic E-state index is 12.6. The van der Waals surface area contributed by atoms with E-state index in [2.05, 4.69) is 9.46 Å². The number of amides is 1. The third-order valence-corrected chi connectivity index (χ3v) is 7.41. The van der Waals surface area contributed by atoms with Gasteiger partial charge in [0.25, 0.3) is 0 Å². The van der Waals surface area contributed by atoms with Crippen molar-refractivity contribution >= 4 is 37.6 Å². The molecule has 1 aromatic rings. The second kappa shape index (κ2) is 7.68. The number of sulfonamides is 2. The number of anilines is 1. The largest absolute Gasteiger partial charge is 0.495 e. The smallest absolute Gasteiger partial charge is 0.321 e. The Labute approximate surface area is 163 Å². The van der Waals surface area contributed by atoms with Crippen molar-refractivity contribution in [2.24, 2.45) is 5.41 Å². The van der Waals surface area contributed by atoms with E-state index in [1.807, 2.05) is 0 Å². The molecular formula is C16H22N2O8S2.